The Bertz CT molecular complexity index is 352. The Hall–Kier alpha value is -0.380. The highest BCUT2D eigenvalue weighted by molar-refractivity contribution is 8.13. The van der Waals surface area contributed by atoms with Gasteiger partial charge < -0.3 is 5.11 Å². The number of hydrogen-bond donors (Lipinski definition) is 1. The number of hydrogen-bond acceptors (Lipinski definition) is 3. The molecule has 0 spiro atoms. The van der Waals surface area contributed by atoms with E-state index in [2.05, 4.69) is 0 Å². The molecule has 1 N–H and O–H groups in total. The molecule has 1 aromatic rings. The van der Waals surface area contributed by atoms with Crippen molar-refractivity contribution in [1.29, 1.82) is 0 Å². The van der Waals surface area contributed by atoms with Crippen LogP contribution in [0.25, 0.3) is 0 Å². The first kappa shape index (κ1) is 10.7. The van der Waals surface area contributed by atoms with Crippen molar-refractivity contribution in [1.82, 2.24) is 0 Å². The second kappa shape index (κ2) is 4.22. The van der Waals surface area contributed by atoms with Crippen LogP contribution in [0, 0.1) is 0 Å². The molecule has 0 aliphatic rings. The number of phenolic OH excluding ortho intramolecular Hbond substituents is 1. The summed E-state index contributed by atoms with van der Waals surface area (Å²) in [5, 5.41) is 9.41. The summed E-state index contributed by atoms with van der Waals surface area (Å²) in [6, 6.07) is 2.62. The van der Waals surface area contributed by atoms with Crippen LogP contribution in [-0.4, -0.2) is 16.5 Å². The highest BCUT2D eigenvalue weighted by Crippen LogP contribution is 2.31. The minimum Gasteiger partial charge on any atom is -0.506 e. The number of carbonyl (C=O) groups excluding carboxylic acids is 1. The molecule has 2 nitrogen and oxygen atoms in total. The third-order valence-corrected chi connectivity index (χ3v) is 2.65. The van der Waals surface area contributed by atoms with Gasteiger partial charge in [-0.25, -0.2) is 0 Å². The smallest absolute Gasteiger partial charge is 0.220 e. The molecule has 0 fully saturated rings. The van der Waals surface area contributed by atoms with Gasteiger partial charge in [0.15, 0.2) is 0 Å². The van der Waals surface area contributed by atoms with Crippen LogP contribution in [0.4, 0.5) is 0 Å². The van der Waals surface area contributed by atoms with Crippen LogP contribution in [0.15, 0.2) is 12.1 Å². The van der Waals surface area contributed by atoms with Gasteiger partial charge in [-0.3, -0.25) is 4.79 Å². The summed E-state index contributed by atoms with van der Waals surface area (Å²) < 4.78 is 0. The minimum atomic E-state index is -0.197. The van der Waals surface area contributed by atoms with Gasteiger partial charge in [-0.05, 0) is 18.4 Å². The largest absolute Gasteiger partial charge is 0.506 e. The Labute approximate surface area is 89.8 Å². The topological polar surface area (TPSA) is 37.3 Å². The zero-order valence-electron chi connectivity index (χ0n) is 6.67. The standard InChI is InChI=1S/C8H6Cl2O2S/c1-13-8(12)4-2-7(11)6(10)3-5(4)9/h2-3,11H,1H3. The van der Waals surface area contributed by atoms with Crippen molar-refractivity contribution >= 4 is 40.1 Å². The summed E-state index contributed by atoms with van der Waals surface area (Å²) in [6.07, 6.45) is 1.64. The van der Waals surface area contributed by atoms with E-state index >= 15 is 0 Å². The molecule has 0 heterocycles. The van der Waals surface area contributed by atoms with E-state index < -0.39 is 0 Å². The van der Waals surface area contributed by atoms with Crippen LogP contribution in [0.3, 0.4) is 0 Å². The van der Waals surface area contributed by atoms with Crippen molar-refractivity contribution in [3.8, 4) is 5.75 Å². The predicted octanol–water partition coefficient (Wildman–Crippen LogP) is 3.20. The first-order chi connectivity index (χ1) is 6.06. The van der Waals surface area contributed by atoms with E-state index in [9.17, 15) is 9.90 Å². The van der Waals surface area contributed by atoms with E-state index in [-0.39, 0.29) is 26.5 Å². The number of rotatable bonds is 1. The highest BCUT2D eigenvalue weighted by atomic mass is 35.5. The molecule has 1 aromatic carbocycles. The van der Waals surface area contributed by atoms with Gasteiger partial charge >= 0.3 is 0 Å². The van der Waals surface area contributed by atoms with E-state index in [1.165, 1.54) is 12.1 Å². The van der Waals surface area contributed by atoms with Crippen LogP contribution >= 0.6 is 35.0 Å². The monoisotopic (exact) mass is 236 g/mol. The average Bonchev–Trinajstić information content (AvgIpc) is 2.10. The summed E-state index contributed by atoms with van der Waals surface area (Å²) >= 11 is 12.4. The highest BCUT2D eigenvalue weighted by Gasteiger charge is 2.12. The van der Waals surface area contributed by atoms with Crippen LogP contribution in [0.2, 0.25) is 10.0 Å². The molecule has 0 bridgehead atoms. The normalized spacial score (nSPS) is 10.1. The van der Waals surface area contributed by atoms with Crippen molar-refractivity contribution < 1.29 is 9.90 Å². The van der Waals surface area contributed by atoms with E-state index in [0.717, 1.165) is 11.8 Å². The zero-order valence-corrected chi connectivity index (χ0v) is 9.00. The molecule has 1 rings (SSSR count). The second-order valence-electron chi connectivity index (χ2n) is 2.28. The molecule has 0 aliphatic carbocycles. The molecule has 5 heteroatoms. The predicted molar refractivity (Wildman–Crippen MR) is 56.0 cm³/mol. The van der Waals surface area contributed by atoms with Crippen molar-refractivity contribution in [2.75, 3.05) is 6.26 Å². The Morgan fingerprint density at radius 2 is 2.00 bits per heavy atom. The van der Waals surface area contributed by atoms with Crippen molar-refractivity contribution in [3.05, 3.63) is 27.7 Å². The molecule has 0 aromatic heterocycles. The van der Waals surface area contributed by atoms with Crippen LogP contribution in [-0.2, 0) is 0 Å². The number of benzene rings is 1. The van der Waals surface area contributed by atoms with Crippen LogP contribution in [0.5, 0.6) is 5.75 Å². The van der Waals surface area contributed by atoms with Gasteiger partial charge in [0.1, 0.15) is 5.75 Å². The Balaban J connectivity index is 3.23. The third kappa shape index (κ3) is 2.30. The first-order valence-corrected chi connectivity index (χ1v) is 5.30. The van der Waals surface area contributed by atoms with Gasteiger partial charge in [0.05, 0.1) is 15.6 Å². The van der Waals surface area contributed by atoms with E-state index in [1.807, 2.05) is 0 Å². The SMILES string of the molecule is CSC(=O)c1cc(O)c(Cl)cc1Cl. The number of halogens is 2. The van der Waals surface area contributed by atoms with Crippen LogP contribution < -0.4 is 0 Å². The Morgan fingerprint density at radius 3 is 2.54 bits per heavy atom. The minimum absolute atomic E-state index is 0.136. The second-order valence-corrected chi connectivity index (χ2v) is 3.87. The van der Waals surface area contributed by atoms with Crippen molar-refractivity contribution in [3.63, 3.8) is 0 Å². The first-order valence-electron chi connectivity index (χ1n) is 3.32. The van der Waals surface area contributed by atoms with E-state index in [0.29, 0.717) is 0 Å². The molecule has 0 atom stereocenters. The van der Waals surface area contributed by atoms with Crippen LogP contribution in [0.1, 0.15) is 10.4 Å². The van der Waals surface area contributed by atoms with E-state index in [1.54, 1.807) is 6.26 Å². The number of phenols is 1. The summed E-state index contributed by atoms with van der Waals surface area (Å²) in [5.74, 6) is -0.136. The Morgan fingerprint density at radius 1 is 1.38 bits per heavy atom. The van der Waals surface area contributed by atoms with Gasteiger partial charge in [0.25, 0.3) is 0 Å². The maximum atomic E-state index is 11.2. The van der Waals surface area contributed by atoms with Gasteiger partial charge in [0, 0.05) is 0 Å². The lowest BCUT2D eigenvalue weighted by atomic mass is 10.2. The molecule has 0 unspecified atom stereocenters. The molecule has 70 valence electrons. The number of carbonyl (C=O) groups is 1. The average molecular weight is 237 g/mol. The number of thioether (sulfide) groups is 1. The number of aromatic hydroxyl groups is 1. The fraction of sp³-hybridized carbons (Fsp3) is 0.125. The zero-order chi connectivity index (χ0) is 10.0. The molecule has 0 radical (unpaired) electrons. The lowest BCUT2D eigenvalue weighted by molar-refractivity contribution is 0.108. The van der Waals surface area contributed by atoms with Crippen molar-refractivity contribution in [2.24, 2.45) is 0 Å². The molecule has 0 saturated carbocycles. The lowest BCUT2D eigenvalue weighted by Gasteiger charge is -2.03. The van der Waals surface area contributed by atoms with E-state index in [4.69, 9.17) is 23.2 Å². The fourth-order valence-electron chi connectivity index (χ4n) is 0.804. The van der Waals surface area contributed by atoms with Gasteiger partial charge in [0.2, 0.25) is 5.12 Å². The summed E-state index contributed by atoms with van der Waals surface area (Å²) in [7, 11) is 0. The van der Waals surface area contributed by atoms with Gasteiger partial charge in [-0.1, -0.05) is 35.0 Å². The third-order valence-electron chi connectivity index (χ3n) is 1.44. The molecule has 0 saturated heterocycles. The fourth-order valence-corrected chi connectivity index (χ4v) is 1.72. The Kier molecular flexibility index (Phi) is 3.47. The summed E-state index contributed by atoms with van der Waals surface area (Å²) in [6.45, 7) is 0. The summed E-state index contributed by atoms with van der Waals surface area (Å²) in [4.78, 5) is 11.2. The molecular weight excluding hydrogens is 231 g/mol. The maximum absolute atomic E-state index is 11.2. The lowest BCUT2D eigenvalue weighted by Crippen LogP contribution is -1.93. The molecule has 0 aliphatic heterocycles. The molecule has 13 heavy (non-hydrogen) atoms. The summed E-state index contributed by atoms with van der Waals surface area (Å²) in [5.41, 5.74) is 0.274. The maximum Gasteiger partial charge on any atom is 0.220 e. The van der Waals surface area contributed by atoms with Gasteiger partial charge in [-0.15, -0.1) is 0 Å². The molecular formula is C8H6Cl2O2S. The van der Waals surface area contributed by atoms with Crippen molar-refractivity contribution in [2.45, 2.75) is 0 Å². The molecule has 0 amide bonds. The quantitative estimate of drug-likeness (QED) is 0.814. The van der Waals surface area contributed by atoms with Gasteiger partial charge in [-0.2, -0.15) is 0 Å².